The largest absolute Gasteiger partial charge is 0.268 e. The molecule has 2 rings (SSSR count). The van der Waals surface area contributed by atoms with Gasteiger partial charge in [0.15, 0.2) is 0 Å². The van der Waals surface area contributed by atoms with Gasteiger partial charge in [0.25, 0.3) is 5.56 Å². The van der Waals surface area contributed by atoms with E-state index in [1.54, 1.807) is 24.0 Å². The van der Waals surface area contributed by atoms with Crippen LogP contribution in [0.3, 0.4) is 0 Å². The zero-order valence-corrected chi connectivity index (χ0v) is 7.34. The fourth-order valence-electron chi connectivity index (χ4n) is 1.29. The van der Waals surface area contributed by atoms with Gasteiger partial charge in [0.2, 0.25) is 0 Å². The maximum absolute atomic E-state index is 11.2. The van der Waals surface area contributed by atoms with Gasteiger partial charge in [-0.05, 0) is 12.1 Å². The second kappa shape index (κ2) is 2.94. The summed E-state index contributed by atoms with van der Waals surface area (Å²) in [5, 5.41) is 0. The van der Waals surface area contributed by atoms with Crippen LogP contribution in [0, 0.1) is 0 Å². The molecule has 0 spiro atoms. The van der Waals surface area contributed by atoms with Gasteiger partial charge in [-0.3, -0.25) is 9.48 Å². The summed E-state index contributed by atoms with van der Waals surface area (Å²) in [4.78, 5) is 11.2. The Kier molecular flexibility index (Phi) is 1.77. The van der Waals surface area contributed by atoms with Gasteiger partial charge in [0.05, 0.1) is 5.69 Å². The molecule has 1 heterocycles. The third-order valence-electron chi connectivity index (χ3n) is 2.02. The van der Waals surface area contributed by atoms with E-state index in [0.717, 1.165) is 5.69 Å². The van der Waals surface area contributed by atoms with E-state index in [2.05, 4.69) is 0 Å². The zero-order chi connectivity index (χ0) is 9.26. The van der Waals surface area contributed by atoms with Crippen LogP contribution >= 0.6 is 0 Å². The maximum Gasteiger partial charge on any atom is 0.266 e. The molecule has 13 heavy (non-hydrogen) atoms. The van der Waals surface area contributed by atoms with Crippen molar-refractivity contribution in [3.8, 4) is 5.69 Å². The van der Waals surface area contributed by atoms with Crippen molar-refractivity contribution >= 4 is 0 Å². The average molecular weight is 174 g/mol. The Bertz CT molecular complexity index is 453. The van der Waals surface area contributed by atoms with Gasteiger partial charge in [0.1, 0.15) is 0 Å². The highest BCUT2D eigenvalue weighted by molar-refractivity contribution is 5.29. The lowest BCUT2D eigenvalue weighted by atomic mass is 10.3. The van der Waals surface area contributed by atoms with Crippen LogP contribution in [-0.2, 0) is 7.05 Å². The highest BCUT2D eigenvalue weighted by Gasteiger charge is 1.98. The number of aromatic nitrogens is 2. The molecule has 66 valence electrons. The summed E-state index contributed by atoms with van der Waals surface area (Å²) in [6, 6.07) is 11.3. The van der Waals surface area contributed by atoms with Crippen LogP contribution < -0.4 is 5.56 Å². The normalized spacial score (nSPS) is 10.2. The van der Waals surface area contributed by atoms with Crippen LogP contribution in [0.5, 0.6) is 0 Å². The van der Waals surface area contributed by atoms with Gasteiger partial charge >= 0.3 is 0 Å². The Morgan fingerprint density at radius 1 is 1.08 bits per heavy atom. The molecule has 0 radical (unpaired) electrons. The van der Waals surface area contributed by atoms with Gasteiger partial charge in [0, 0.05) is 19.3 Å². The summed E-state index contributed by atoms with van der Waals surface area (Å²) in [6.07, 6.45) is 1.76. The molecular weight excluding hydrogens is 164 g/mol. The highest BCUT2D eigenvalue weighted by atomic mass is 16.1. The molecule has 3 nitrogen and oxygen atoms in total. The fraction of sp³-hybridized carbons (Fsp3) is 0.100. The minimum absolute atomic E-state index is 0.00357. The van der Waals surface area contributed by atoms with E-state index in [1.807, 2.05) is 35.0 Å². The summed E-state index contributed by atoms with van der Waals surface area (Å²) >= 11 is 0. The van der Waals surface area contributed by atoms with E-state index in [9.17, 15) is 4.79 Å². The standard InChI is InChI=1S/C10H10N2O/c1-11-10(13)7-8-12(11)9-5-3-2-4-6-9/h2-8H,1H3. The van der Waals surface area contributed by atoms with Crippen LogP contribution in [-0.4, -0.2) is 9.36 Å². The zero-order valence-electron chi connectivity index (χ0n) is 7.34. The first-order valence-electron chi connectivity index (χ1n) is 4.09. The first-order valence-corrected chi connectivity index (χ1v) is 4.09. The Morgan fingerprint density at radius 2 is 1.77 bits per heavy atom. The Hall–Kier alpha value is -1.77. The number of benzene rings is 1. The van der Waals surface area contributed by atoms with Crippen molar-refractivity contribution in [1.29, 1.82) is 0 Å². The van der Waals surface area contributed by atoms with Crippen molar-refractivity contribution in [2.45, 2.75) is 0 Å². The summed E-state index contributed by atoms with van der Waals surface area (Å²) in [5.74, 6) is 0. The fourth-order valence-corrected chi connectivity index (χ4v) is 1.29. The topological polar surface area (TPSA) is 26.9 Å². The molecule has 0 aliphatic carbocycles. The quantitative estimate of drug-likeness (QED) is 0.637. The van der Waals surface area contributed by atoms with Crippen molar-refractivity contribution in [3.63, 3.8) is 0 Å². The summed E-state index contributed by atoms with van der Waals surface area (Å²) in [5.41, 5.74) is 0.996. The van der Waals surface area contributed by atoms with E-state index in [-0.39, 0.29) is 5.56 Å². The minimum Gasteiger partial charge on any atom is -0.268 e. The van der Waals surface area contributed by atoms with Crippen molar-refractivity contribution < 1.29 is 0 Å². The van der Waals surface area contributed by atoms with Gasteiger partial charge in [-0.1, -0.05) is 18.2 Å². The van der Waals surface area contributed by atoms with Gasteiger partial charge in [-0.2, -0.15) is 0 Å². The van der Waals surface area contributed by atoms with Crippen LogP contribution in [0.1, 0.15) is 0 Å². The van der Waals surface area contributed by atoms with Crippen molar-refractivity contribution in [2.24, 2.45) is 7.05 Å². The SMILES string of the molecule is Cn1c(=O)ccn1-c1ccccc1. The van der Waals surface area contributed by atoms with Crippen molar-refractivity contribution in [1.82, 2.24) is 9.36 Å². The molecule has 0 aliphatic heterocycles. The molecule has 0 saturated heterocycles. The Balaban J connectivity index is 2.60. The van der Waals surface area contributed by atoms with Crippen LogP contribution in [0.4, 0.5) is 0 Å². The summed E-state index contributed by atoms with van der Waals surface area (Å²) in [7, 11) is 1.75. The van der Waals surface area contributed by atoms with Gasteiger partial charge in [-0.15, -0.1) is 0 Å². The molecule has 0 aliphatic rings. The van der Waals surface area contributed by atoms with E-state index in [4.69, 9.17) is 0 Å². The average Bonchev–Trinajstić information content (AvgIpc) is 2.49. The lowest BCUT2D eigenvalue weighted by Crippen LogP contribution is -2.17. The smallest absolute Gasteiger partial charge is 0.266 e. The number of nitrogens with zero attached hydrogens (tertiary/aromatic N) is 2. The lowest BCUT2D eigenvalue weighted by molar-refractivity contribution is 0.641. The van der Waals surface area contributed by atoms with Crippen LogP contribution in [0.15, 0.2) is 47.4 Å². The third-order valence-corrected chi connectivity index (χ3v) is 2.02. The van der Waals surface area contributed by atoms with E-state index in [0.29, 0.717) is 0 Å². The number of hydrogen-bond donors (Lipinski definition) is 0. The molecule has 0 fully saturated rings. The molecule has 0 amide bonds. The molecule has 0 N–H and O–H groups in total. The Labute approximate surface area is 75.8 Å². The molecule has 0 bridgehead atoms. The molecule has 0 atom stereocenters. The molecule has 0 unspecified atom stereocenters. The van der Waals surface area contributed by atoms with Gasteiger partial charge < -0.3 is 0 Å². The maximum atomic E-state index is 11.2. The van der Waals surface area contributed by atoms with E-state index < -0.39 is 0 Å². The third kappa shape index (κ3) is 1.28. The predicted octanol–water partition coefficient (Wildman–Crippen LogP) is 1.18. The van der Waals surface area contributed by atoms with Crippen LogP contribution in [0.25, 0.3) is 5.69 Å². The lowest BCUT2D eigenvalue weighted by Gasteiger charge is -2.05. The molecule has 3 heteroatoms. The number of rotatable bonds is 1. The molecule has 0 saturated carbocycles. The first-order chi connectivity index (χ1) is 6.29. The van der Waals surface area contributed by atoms with Crippen LogP contribution in [0.2, 0.25) is 0 Å². The first kappa shape index (κ1) is 7.86. The van der Waals surface area contributed by atoms with E-state index in [1.165, 1.54) is 0 Å². The van der Waals surface area contributed by atoms with Crippen molar-refractivity contribution in [2.75, 3.05) is 0 Å². The van der Waals surface area contributed by atoms with Gasteiger partial charge in [-0.25, -0.2) is 4.68 Å². The highest BCUT2D eigenvalue weighted by Crippen LogP contribution is 2.03. The number of para-hydroxylation sites is 1. The summed E-state index contributed by atoms with van der Waals surface area (Å²) in [6.45, 7) is 0. The van der Waals surface area contributed by atoms with Crippen molar-refractivity contribution in [3.05, 3.63) is 52.9 Å². The second-order valence-electron chi connectivity index (χ2n) is 2.86. The summed E-state index contributed by atoms with van der Waals surface area (Å²) < 4.78 is 3.37. The monoisotopic (exact) mass is 174 g/mol. The molecule has 1 aromatic carbocycles. The number of hydrogen-bond acceptors (Lipinski definition) is 1. The molecular formula is C10H10N2O. The molecule has 1 aromatic heterocycles. The minimum atomic E-state index is 0.00357. The Morgan fingerprint density at radius 3 is 2.31 bits per heavy atom. The van der Waals surface area contributed by atoms with E-state index >= 15 is 0 Å². The second-order valence-corrected chi connectivity index (χ2v) is 2.86. The predicted molar refractivity (Wildman–Crippen MR) is 51.0 cm³/mol. The molecule has 2 aromatic rings.